The molecule has 0 saturated carbocycles. The fraction of sp³-hybridized carbons (Fsp3) is 0.227. The van der Waals surface area contributed by atoms with Gasteiger partial charge in [0.1, 0.15) is 6.54 Å². The summed E-state index contributed by atoms with van der Waals surface area (Å²) < 4.78 is 0. The number of benzene rings is 2. The van der Waals surface area contributed by atoms with Gasteiger partial charge >= 0.3 is 5.69 Å². The van der Waals surface area contributed by atoms with E-state index in [0.717, 1.165) is 22.7 Å². The number of imide groups is 1. The maximum atomic E-state index is 12.7. The van der Waals surface area contributed by atoms with Crippen LogP contribution in [0.15, 0.2) is 53.4 Å². The quantitative estimate of drug-likeness (QED) is 0.404. The van der Waals surface area contributed by atoms with Crippen LogP contribution in [0.5, 0.6) is 5.75 Å². The van der Waals surface area contributed by atoms with E-state index in [4.69, 9.17) is 0 Å². The number of nitrogens with zero attached hydrogens (tertiary/aromatic N) is 4. The van der Waals surface area contributed by atoms with Crippen molar-refractivity contribution < 1.29 is 24.4 Å². The van der Waals surface area contributed by atoms with E-state index in [9.17, 15) is 29.6 Å². The van der Waals surface area contributed by atoms with Gasteiger partial charge in [-0.05, 0) is 41.6 Å². The van der Waals surface area contributed by atoms with E-state index < -0.39 is 27.5 Å². The molecule has 0 atom stereocenters. The molecule has 0 radical (unpaired) electrons. The number of phenols is 1. The number of nitro benzene ring substituents is 1. The van der Waals surface area contributed by atoms with E-state index in [0.29, 0.717) is 37.9 Å². The lowest BCUT2D eigenvalue weighted by Crippen LogP contribution is -2.51. The Kier molecular flexibility index (Phi) is 6.31. The molecule has 2 aliphatic rings. The normalized spacial score (nSPS) is 17.7. The highest BCUT2D eigenvalue weighted by Crippen LogP contribution is 2.34. The third-order valence-corrected chi connectivity index (χ3v) is 6.32. The summed E-state index contributed by atoms with van der Waals surface area (Å²) in [7, 11) is 0. The third-order valence-electron chi connectivity index (χ3n) is 5.41. The Bertz CT molecular complexity index is 1140. The number of piperazine rings is 1. The molecule has 0 aromatic heterocycles. The Morgan fingerprint density at radius 1 is 1.09 bits per heavy atom. The van der Waals surface area contributed by atoms with Crippen molar-refractivity contribution in [2.45, 2.75) is 0 Å². The van der Waals surface area contributed by atoms with Crippen molar-refractivity contribution in [3.05, 3.63) is 69.1 Å². The van der Waals surface area contributed by atoms with Crippen LogP contribution in [0, 0.1) is 10.1 Å². The fourth-order valence-electron chi connectivity index (χ4n) is 3.65. The minimum Gasteiger partial charge on any atom is -0.502 e. The first-order valence-corrected chi connectivity index (χ1v) is 11.0. The summed E-state index contributed by atoms with van der Waals surface area (Å²) in [5.41, 5.74) is 0.858. The number of nitro groups is 1. The molecule has 3 amide bonds. The number of hydrogen-bond acceptors (Lipinski definition) is 8. The summed E-state index contributed by atoms with van der Waals surface area (Å²) >= 11 is 0.669. The van der Waals surface area contributed by atoms with Crippen LogP contribution in [0.4, 0.5) is 16.2 Å². The first-order chi connectivity index (χ1) is 15.8. The van der Waals surface area contributed by atoms with Gasteiger partial charge in [0.15, 0.2) is 5.75 Å². The first kappa shape index (κ1) is 22.3. The molecular formula is C22H20N4O6S. The van der Waals surface area contributed by atoms with Gasteiger partial charge in [-0.25, -0.2) is 0 Å². The summed E-state index contributed by atoms with van der Waals surface area (Å²) in [6.07, 6.45) is 1.33. The number of aromatic hydroxyl groups is 1. The van der Waals surface area contributed by atoms with Gasteiger partial charge in [0.05, 0.1) is 9.83 Å². The van der Waals surface area contributed by atoms with Crippen LogP contribution in [0.3, 0.4) is 0 Å². The van der Waals surface area contributed by atoms with E-state index in [1.165, 1.54) is 12.1 Å². The van der Waals surface area contributed by atoms with Crippen molar-refractivity contribution >= 4 is 46.3 Å². The fourth-order valence-corrected chi connectivity index (χ4v) is 4.49. The number of thioether (sulfide) groups is 1. The highest BCUT2D eigenvalue weighted by molar-refractivity contribution is 8.18. The SMILES string of the molecule is O=C(CN1C(=O)S/C(=C/c2ccc(O)c([N+](=O)[O-])c2)C1=O)N1CCN(c2ccccc2)CC1. The molecular weight excluding hydrogens is 448 g/mol. The summed E-state index contributed by atoms with van der Waals surface area (Å²) in [5, 5.41) is 20.0. The first-order valence-electron chi connectivity index (χ1n) is 10.1. The van der Waals surface area contributed by atoms with Gasteiger partial charge in [0, 0.05) is 37.9 Å². The minimum atomic E-state index is -0.741. The maximum absolute atomic E-state index is 12.7. The average Bonchev–Trinajstić information content (AvgIpc) is 3.08. The summed E-state index contributed by atoms with van der Waals surface area (Å²) in [6, 6.07) is 13.5. The number of carbonyl (C=O) groups excluding carboxylic acids is 3. The summed E-state index contributed by atoms with van der Waals surface area (Å²) in [6.45, 7) is 1.91. The van der Waals surface area contributed by atoms with Crippen LogP contribution in [0.25, 0.3) is 6.08 Å². The number of amides is 3. The number of phenolic OH excluding ortho intramolecular Hbond substituents is 1. The largest absolute Gasteiger partial charge is 0.502 e. The number of para-hydroxylation sites is 1. The van der Waals surface area contributed by atoms with Crippen molar-refractivity contribution in [1.29, 1.82) is 0 Å². The molecule has 0 aliphatic carbocycles. The van der Waals surface area contributed by atoms with E-state index in [1.54, 1.807) is 4.90 Å². The molecule has 0 unspecified atom stereocenters. The van der Waals surface area contributed by atoms with Crippen molar-refractivity contribution in [2.24, 2.45) is 0 Å². The maximum Gasteiger partial charge on any atom is 0.311 e. The molecule has 33 heavy (non-hydrogen) atoms. The van der Waals surface area contributed by atoms with Crippen LogP contribution < -0.4 is 4.90 Å². The van der Waals surface area contributed by atoms with E-state index in [2.05, 4.69) is 4.90 Å². The summed E-state index contributed by atoms with van der Waals surface area (Å²) in [4.78, 5) is 52.8. The second-order valence-electron chi connectivity index (χ2n) is 7.48. The smallest absolute Gasteiger partial charge is 0.311 e. The lowest BCUT2D eigenvalue weighted by atomic mass is 10.1. The number of hydrogen-bond donors (Lipinski definition) is 1. The van der Waals surface area contributed by atoms with Gasteiger partial charge in [-0.1, -0.05) is 24.3 Å². The molecule has 2 aromatic rings. The molecule has 10 nitrogen and oxygen atoms in total. The molecule has 0 bridgehead atoms. The van der Waals surface area contributed by atoms with Crippen LogP contribution in [0.2, 0.25) is 0 Å². The van der Waals surface area contributed by atoms with Gasteiger partial charge in [0.2, 0.25) is 5.91 Å². The van der Waals surface area contributed by atoms with Crippen molar-refractivity contribution in [3.63, 3.8) is 0 Å². The van der Waals surface area contributed by atoms with Crippen LogP contribution in [-0.4, -0.2) is 69.6 Å². The monoisotopic (exact) mass is 468 g/mol. The molecule has 4 rings (SSSR count). The van der Waals surface area contributed by atoms with Gasteiger partial charge in [-0.15, -0.1) is 0 Å². The zero-order valence-corrected chi connectivity index (χ0v) is 18.2. The van der Waals surface area contributed by atoms with E-state index in [1.807, 2.05) is 30.3 Å². The number of carbonyl (C=O) groups is 3. The van der Waals surface area contributed by atoms with Gasteiger partial charge in [-0.2, -0.15) is 0 Å². The molecule has 2 saturated heterocycles. The Hall–Kier alpha value is -3.86. The van der Waals surface area contributed by atoms with Gasteiger partial charge in [-0.3, -0.25) is 29.4 Å². The molecule has 2 aliphatic heterocycles. The topological polar surface area (TPSA) is 124 Å². The lowest BCUT2D eigenvalue weighted by Gasteiger charge is -2.36. The molecule has 1 N–H and O–H groups in total. The molecule has 2 heterocycles. The predicted octanol–water partition coefficient (Wildman–Crippen LogP) is 2.69. The van der Waals surface area contributed by atoms with Crippen molar-refractivity contribution in [3.8, 4) is 5.75 Å². The molecule has 2 aromatic carbocycles. The Morgan fingerprint density at radius 3 is 2.45 bits per heavy atom. The third kappa shape index (κ3) is 4.82. The standard InChI is InChI=1S/C22H20N4O6S/c27-18-7-6-15(12-17(18)26(31)32)13-19-21(29)25(22(30)33-19)14-20(28)24-10-8-23(9-11-24)16-4-2-1-3-5-16/h1-7,12-13,27H,8-11,14H2/b19-13+. The van der Waals surface area contributed by atoms with Crippen molar-refractivity contribution in [1.82, 2.24) is 9.80 Å². The Balaban J connectivity index is 1.39. The second-order valence-corrected chi connectivity index (χ2v) is 8.47. The Labute approximate surface area is 193 Å². The Morgan fingerprint density at radius 2 is 1.79 bits per heavy atom. The van der Waals surface area contributed by atoms with Gasteiger partial charge < -0.3 is 14.9 Å². The molecule has 2 fully saturated rings. The average molecular weight is 468 g/mol. The van der Waals surface area contributed by atoms with Crippen LogP contribution >= 0.6 is 11.8 Å². The zero-order valence-electron chi connectivity index (χ0n) is 17.4. The molecule has 11 heteroatoms. The van der Waals surface area contributed by atoms with E-state index >= 15 is 0 Å². The van der Waals surface area contributed by atoms with E-state index in [-0.39, 0.29) is 22.9 Å². The van der Waals surface area contributed by atoms with Crippen LogP contribution in [0.1, 0.15) is 5.56 Å². The zero-order chi connectivity index (χ0) is 23.5. The summed E-state index contributed by atoms with van der Waals surface area (Å²) in [5.74, 6) is -1.44. The minimum absolute atomic E-state index is 0.0571. The highest BCUT2D eigenvalue weighted by Gasteiger charge is 2.37. The van der Waals surface area contributed by atoms with Gasteiger partial charge in [0.25, 0.3) is 11.1 Å². The lowest BCUT2D eigenvalue weighted by molar-refractivity contribution is -0.385. The highest BCUT2D eigenvalue weighted by atomic mass is 32.2. The predicted molar refractivity (Wildman–Crippen MR) is 123 cm³/mol. The molecule has 170 valence electrons. The second kappa shape index (κ2) is 9.33. The molecule has 0 spiro atoms. The number of anilines is 1. The number of rotatable bonds is 5. The van der Waals surface area contributed by atoms with Crippen LogP contribution in [-0.2, 0) is 9.59 Å². The van der Waals surface area contributed by atoms with Crippen molar-refractivity contribution in [2.75, 3.05) is 37.6 Å².